The molecule has 3 aliphatic heterocycles. The van der Waals surface area contributed by atoms with Crippen molar-refractivity contribution < 1.29 is 18.0 Å². The highest BCUT2D eigenvalue weighted by atomic mass is 19.4. The van der Waals surface area contributed by atoms with Crippen molar-refractivity contribution in [1.29, 1.82) is 5.41 Å². The number of halogens is 3. The van der Waals surface area contributed by atoms with Crippen LogP contribution in [-0.2, 0) is 4.79 Å². The van der Waals surface area contributed by atoms with Crippen molar-refractivity contribution in [2.45, 2.75) is 329 Å². The van der Waals surface area contributed by atoms with E-state index in [1.807, 2.05) is 0 Å². The summed E-state index contributed by atoms with van der Waals surface area (Å²) in [5, 5.41) is 12.9. The zero-order valence-electron chi connectivity index (χ0n) is 76.3. The summed E-state index contributed by atoms with van der Waals surface area (Å²) < 4.78 is 39.1. The molecule has 0 spiro atoms. The highest BCUT2D eigenvalue weighted by molar-refractivity contribution is 5.79. The fourth-order valence-electron chi connectivity index (χ4n) is 17.2. The average Bonchev–Trinajstić information content (AvgIpc) is 1.43. The molecule has 23 nitrogen and oxygen atoms in total. The number of hydrogen-bond acceptors (Lipinski definition) is 11. The number of rotatable bonds is 32. The molecule has 4 atom stereocenters. The lowest BCUT2D eigenvalue weighted by atomic mass is 9.69. The molecular formula is C88H181F3N22O. The predicted octanol–water partition coefficient (Wildman–Crippen LogP) is 14.4. The Morgan fingerprint density at radius 3 is 1.21 bits per heavy atom. The summed E-state index contributed by atoms with van der Waals surface area (Å²) in [5.74, 6) is 7.53. The average molecular weight is 1620 g/mol. The van der Waals surface area contributed by atoms with Gasteiger partial charge < -0.3 is 88.4 Å². The molecule has 3 saturated heterocycles. The minimum Gasteiger partial charge on any atom is -0.388 e. The van der Waals surface area contributed by atoms with E-state index in [4.69, 9.17) is 68.5 Å². The smallest absolute Gasteiger partial charge is 0.388 e. The molecule has 3 aliphatic carbocycles. The van der Waals surface area contributed by atoms with Crippen LogP contribution in [0.15, 0.2) is 25.0 Å². The Balaban J connectivity index is 0.000000686. The minimum atomic E-state index is -4.28. The summed E-state index contributed by atoms with van der Waals surface area (Å²) in [4.78, 5) is 39.3. The first-order valence-corrected chi connectivity index (χ1v) is 44.7. The molecule has 0 radical (unpaired) electrons. The molecule has 26 heteroatoms. The molecule has 6 fully saturated rings. The van der Waals surface area contributed by atoms with Gasteiger partial charge in [-0.15, -0.1) is 0 Å². The van der Waals surface area contributed by atoms with Crippen LogP contribution in [0.5, 0.6) is 0 Å². The molecule has 0 aromatic carbocycles. The molecule has 1 amide bonds. The largest absolute Gasteiger partial charge is 0.403 e. The molecule has 0 aromatic rings. The molecule has 6 aliphatic rings. The van der Waals surface area contributed by atoms with Crippen molar-refractivity contribution in [2.75, 3.05) is 105 Å². The van der Waals surface area contributed by atoms with Crippen molar-refractivity contribution in [1.82, 2.24) is 25.3 Å². The summed E-state index contributed by atoms with van der Waals surface area (Å²) in [5.41, 5.74) is 60.4. The Bertz CT molecular complexity index is 2670. The van der Waals surface area contributed by atoms with E-state index in [-0.39, 0.29) is 60.0 Å². The number of guanidine groups is 5. The van der Waals surface area contributed by atoms with Gasteiger partial charge in [0.25, 0.3) is 0 Å². The van der Waals surface area contributed by atoms with Gasteiger partial charge in [-0.25, -0.2) is 0 Å². The highest BCUT2D eigenvalue weighted by Gasteiger charge is 2.40. The monoisotopic (exact) mass is 1620 g/mol. The van der Waals surface area contributed by atoms with Gasteiger partial charge in [-0.3, -0.25) is 35.2 Å². The maximum absolute atomic E-state index is 13.0. The maximum Gasteiger partial charge on any atom is 0.403 e. The summed E-state index contributed by atoms with van der Waals surface area (Å²) in [6.07, 6.45) is 30.4. The summed E-state index contributed by atoms with van der Waals surface area (Å²) in [7, 11) is 0. The van der Waals surface area contributed by atoms with Crippen molar-refractivity contribution >= 4 is 41.5 Å². The standard InChI is InChI=1S/C17H34N2.C16H31F3N4.C15H30N4O.2C14H30N4.C12H26N4/c1-17(2,3)13-15-11-9-14(10-12-15)7-5-4-6-8-16(18)19;1-15(2,3)12-6-4-11(5-7-12)10-23-13(16(17,18)19)8-9-22-14(20)21;1-15(2,3)12-7-5-11(6-8-12)13(20)18-9-4-10-19-14(16)17;1-14(2,3)12-6-4-9-18(11-7-12)10-5-8-17-13(15)16;1-14(2,3)12-7-10-18(11-12)9-6-4-5-8-17-13(15)16;1-12(2,3)10-5-8-16(9-10)7-4-6-15-11(13)14/h14-15H,4-13H2,1-3H3,(H3,18,19);11-13,23H,4-10H2,1-3H3,(H4,20,21,22);11-12H,4-10H2,1-3H3,(H,18,20)(H4,16,17,19);2*12H,4-11H2,1-3H3,(H4,15,16,17);10H,4-9H2,1-3H3,(H4,13,14,15). The van der Waals surface area contributed by atoms with Crippen LogP contribution >= 0.6 is 0 Å². The number of amides is 1. The van der Waals surface area contributed by atoms with E-state index >= 15 is 0 Å². The van der Waals surface area contributed by atoms with E-state index in [0.717, 1.165) is 158 Å². The topological polar surface area (TPSA) is 423 Å². The molecule has 3 saturated carbocycles. The summed E-state index contributed by atoms with van der Waals surface area (Å²) in [6.45, 7) is 56.7. The van der Waals surface area contributed by atoms with E-state index in [2.05, 4.69) is 175 Å². The van der Waals surface area contributed by atoms with Gasteiger partial charge in [-0.1, -0.05) is 176 Å². The second-order valence-electron chi connectivity index (χ2n) is 41.2. The number of likely N-dealkylation sites (tertiary alicyclic amines) is 3. The number of unbranched alkanes of at least 4 members (excludes halogenated alkanes) is 4. The Morgan fingerprint density at radius 2 is 0.781 bits per heavy atom. The molecule has 114 heavy (non-hydrogen) atoms. The third kappa shape index (κ3) is 54.1. The number of alkyl halides is 3. The molecular weight excluding hydrogens is 1440 g/mol. The van der Waals surface area contributed by atoms with Crippen molar-refractivity contribution in [3.05, 3.63) is 0 Å². The van der Waals surface area contributed by atoms with Crippen molar-refractivity contribution in [3.8, 4) is 0 Å². The van der Waals surface area contributed by atoms with Crippen molar-refractivity contribution in [3.63, 3.8) is 0 Å². The molecule has 25 N–H and O–H groups in total. The van der Waals surface area contributed by atoms with E-state index in [0.29, 0.717) is 64.4 Å². The number of nitrogens with two attached hydrogens (primary N) is 11. The van der Waals surface area contributed by atoms with Gasteiger partial charge in [0.2, 0.25) is 5.91 Å². The van der Waals surface area contributed by atoms with Gasteiger partial charge in [0.1, 0.15) is 6.04 Å². The van der Waals surface area contributed by atoms with Gasteiger partial charge in [0.15, 0.2) is 29.8 Å². The third-order valence-corrected chi connectivity index (χ3v) is 24.8. The number of aliphatic imine (C=N–C) groups is 5. The van der Waals surface area contributed by atoms with Gasteiger partial charge >= 0.3 is 6.18 Å². The number of hydrogen-bond donors (Lipinski definition) is 14. The molecule has 4 unspecified atom stereocenters. The van der Waals surface area contributed by atoms with Crippen LogP contribution in [0.2, 0.25) is 0 Å². The first-order valence-electron chi connectivity index (χ1n) is 44.7. The summed E-state index contributed by atoms with van der Waals surface area (Å²) >= 11 is 0. The van der Waals surface area contributed by atoms with Gasteiger partial charge in [-0.2, -0.15) is 13.2 Å². The third-order valence-electron chi connectivity index (χ3n) is 24.8. The Hall–Kier alpha value is -5.08. The second-order valence-corrected chi connectivity index (χ2v) is 41.2. The van der Waals surface area contributed by atoms with Crippen LogP contribution in [0.4, 0.5) is 13.2 Å². The number of carbonyl (C=O) groups is 1. The Morgan fingerprint density at radius 1 is 0.404 bits per heavy atom. The highest BCUT2D eigenvalue weighted by Crippen LogP contribution is 2.43. The van der Waals surface area contributed by atoms with Gasteiger partial charge in [0, 0.05) is 64.7 Å². The van der Waals surface area contributed by atoms with Gasteiger partial charge in [0.05, 0.1) is 5.84 Å². The lowest BCUT2D eigenvalue weighted by Gasteiger charge is -2.37. The second kappa shape index (κ2) is 54.9. The molecule has 670 valence electrons. The SMILES string of the molecule is CC(C)(C)C1CCC(C(=O)NCCCN=C(N)N)CC1.CC(C)(C)C1CCC(CNC(CCN=C(N)N)C(F)(F)F)CC1.CC(C)(C)C1CCCN(CCCN=C(N)N)CC1.CC(C)(C)C1CCN(CCCCCN=C(N)N)C1.CC(C)(C)C1CCN(CCCN=C(N)N)C1.CC(C)(C)CC1CCC(CCCCCC(=N)N)CC1. The van der Waals surface area contributed by atoms with Crippen LogP contribution < -0.4 is 73.7 Å². The van der Waals surface area contributed by atoms with E-state index in [1.165, 1.54) is 142 Å². The van der Waals surface area contributed by atoms with Crippen LogP contribution in [0.25, 0.3) is 0 Å². The van der Waals surface area contributed by atoms with Crippen molar-refractivity contribution in [2.24, 2.45) is 174 Å². The molecule has 0 bridgehead atoms. The van der Waals surface area contributed by atoms with E-state index < -0.39 is 12.2 Å². The van der Waals surface area contributed by atoms with Crippen LogP contribution in [0.1, 0.15) is 317 Å². The van der Waals surface area contributed by atoms with Crippen LogP contribution in [0, 0.1) is 91.2 Å². The molecule has 6 rings (SSSR count). The maximum atomic E-state index is 13.0. The zero-order valence-corrected chi connectivity index (χ0v) is 76.3. The number of amidine groups is 1. The first-order chi connectivity index (χ1) is 52.8. The van der Waals surface area contributed by atoms with E-state index in [1.54, 1.807) is 0 Å². The quantitative estimate of drug-likeness (QED) is 0.0169. The Labute approximate surface area is 694 Å². The fourth-order valence-corrected chi connectivity index (χ4v) is 17.2. The lowest BCUT2D eigenvalue weighted by Crippen LogP contribution is -2.45. The van der Waals surface area contributed by atoms with E-state index in [9.17, 15) is 18.0 Å². The Kier molecular flexibility index (Phi) is 51.5. The van der Waals surface area contributed by atoms with Crippen LogP contribution in [-0.4, -0.2) is 173 Å². The first kappa shape index (κ1) is 107. The summed E-state index contributed by atoms with van der Waals surface area (Å²) in [6, 6.07) is -1.55. The van der Waals surface area contributed by atoms with Crippen LogP contribution in [0.3, 0.4) is 0 Å². The minimum absolute atomic E-state index is 0.0176. The number of carbonyl (C=O) groups excluding carboxylic acids is 1. The number of nitrogens with one attached hydrogen (secondary N) is 3. The molecule has 3 heterocycles. The fraction of sp³-hybridized carbons (Fsp3) is 0.920. The zero-order chi connectivity index (χ0) is 86.5. The normalized spacial score (nSPS) is 23.0. The lowest BCUT2D eigenvalue weighted by molar-refractivity contribution is -0.157. The number of nitrogens with zero attached hydrogens (tertiary/aromatic N) is 8. The van der Waals surface area contributed by atoms with Gasteiger partial charge in [-0.05, 0) is 267 Å². The molecule has 0 aromatic heterocycles. The predicted molar refractivity (Wildman–Crippen MR) is 482 cm³/mol.